The zero-order valence-electron chi connectivity index (χ0n) is 23.9. The van der Waals surface area contributed by atoms with Gasteiger partial charge in [-0.25, -0.2) is 0 Å². The minimum Gasteiger partial charge on any atom is -0.465 e. The SMILES string of the molecule is CC(C)CNC(=O)CCCCCN(CCN(CCCO)CCCCCC(=O)OCC(C)C)C1CCC1. The van der Waals surface area contributed by atoms with Crippen molar-refractivity contribution >= 4 is 11.9 Å². The molecule has 1 aliphatic carbocycles. The molecule has 0 aromatic heterocycles. The standard InChI is InChI=1S/C29H57N3O4/c1-25(2)23-30-28(34)15-7-5-10-19-32(27-13-11-14-27)21-20-31(18-12-22-33)17-9-6-8-16-29(35)36-24-26(3)4/h25-27,33H,5-24H2,1-4H3,(H,30,34). The number of carbonyl (C=O) groups excluding carboxylic acids is 2. The van der Waals surface area contributed by atoms with Crippen molar-refractivity contribution in [3.8, 4) is 0 Å². The summed E-state index contributed by atoms with van der Waals surface area (Å²) >= 11 is 0. The maximum atomic E-state index is 11.9. The number of nitrogens with zero attached hydrogens (tertiary/aromatic N) is 2. The number of aliphatic hydroxyl groups is 1. The molecular formula is C29H57N3O4. The maximum absolute atomic E-state index is 11.9. The molecule has 2 N–H and O–H groups in total. The van der Waals surface area contributed by atoms with E-state index >= 15 is 0 Å². The summed E-state index contributed by atoms with van der Waals surface area (Å²) in [5.74, 6) is 0.995. The van der Waals surface area contributed by atoms with Gasteiger partial charge in [-0.15, -0.1) is 0 Å². The highest BCUT2D eigenvalue weighted by molar-refractivity contribution is 5.75. The van der Waals surface area contributed by atoms with E-state index in [9.17, 15) is 14.7 Å². The molecule has 1 rings (SSSR count). The Hall–Kier alpha value is -1.18. The van der Waals surface area contributed by atoms with Gasteiger partial charge in [0.05, 0.1) is 6.61 Å². The second kappa shape index (κ2) is 20.8. The third-order valence-electron chi connectivity index (χ3n) is 6.92. The molecule has 0 unspecified atom stereocenters. The number of hydrogen-bond donors (Lipinski definition) is 2. The number of ether oxygens (including phenoxy) is 1. The first-order valence-electron chi connectivity index (χ1n) is 14.8. The van der Waals surface area contributed by atoms with Gasteiger partial charge in [0.25, 0.3) is 0 Å². The van der Waals surface area contributed by atoms with Gasteiger partial charge in [-0.2, -0.15) is 0 Å². The molecule has 212 valence electrons. The normalized spacial score (nSPS) is 14.1. The van der Waals surface area contributed by atoms with Crippen molar-refractivity contribution < 1.29 is 19.4 Å². The molecule has 0 radical (unpaired) electrons. The fraction of sp³-hybridized carbons (Fsp3) is 0.931. The summed E-state index contributed by atoms with van der Waals surface area (Å²) in [6.07, 6.45) is 12.1. The maximum Gasteiger partial charge on any atom is 0.305 e. The molecule has 36 heavy (non-hydrogen) atoms. The van der Waals surface area contributed by atoms with Gasteiger partial charge in [0.1, 0.15) is 0 Å². The quantitative estimate of drug-likeness (QED) is 0.154. The number of hydrogen-bond acceptors (Lipinski definition) is 6. The van der Waals surface area contributed by atoms with E-state index in [1.807, 2.05) is 0 Å². The zero-order valence-corrected chi connectivity index (χ0v) is 23.9. The average molecular weight is 512 g/mol. The van der Waals surface area contributed by atoms with Crippen molar-refractivity contribution in [2.24, 2.45) is 11.8 Å². The fourth-order valence-corrected chi connectivity index (χ4v) is 4.43. The van der Waals surface area contributed by atoms with Crippen molar-refractivity contribution in [2.45, 2.75) is 111 Å². The summed E-state index contributed by atoms with van der Waals surface area (Å²) in [5.41, 5.74) is 0. The highest BCUT2D eigenvalue weighted by Crippen LogP contribution is 2.25. The lowest BCUT2D eigenvalue weighted by Crippen LogP contribution is -2.45. The summed E-state index contributed by atoms with van der Waals surface area (Å²) in [4.78, 5) is 28.9. The van der Waals surface area contributed by atoms with Crippen LogP contribution in [0.1, 0.15) is 105 Å². The van der Waals surface area contributed by atoms with Crippen LogP contribution in [0.15, 0.2) is 0 Å². The van der Waals surface area contributed by atoms with Crippen LogP contribution < -0.4 is 5.32 Å². The number of carbonyl (C=O) groups is 2. The van der Waals surface area contributed by atoms with E-state index in [4.69, 9.17) is 4.74 Å². The van der Waals surface area contributed by atoms with Crippen LogP contribution in [0.25, 0.3) is 0 Å². The molecule has 1 amide bonds. The van der Waals surface area contributed by atoms with Crippen LogP contribution in [0.3, 0.4) is 0 Å². The van der Waals surface area contributed by atoms with E-state index in [0.717, 1.165) is 90.3 Å². The molecule has 0 aliphatic heterocycles. The predicted octanol–water partition coefficient (Wildman–Crippen LogP) is 4.62. The number of nitrogens with one attached hydrogen (secondary N) is 1. The molecule has 0 saturated heterocycles. The van der Waals surface area contributed by atoms with Gasteiger partial charge in [-0.05, 0) is 69.9 Å². The van der Waals surface area contributed by atoms with Crippen LogP contribution in [-0.4, -0.2) is 85.3 Å². The molecule has 0 atom stereocenters. The van der Waals surface area contributed by atoms with Crippen LogP contribution in [0.5, 0.6) is 0 Å². The zero-order chi connectivity index (χ0) is 26.6. The first kappa shape index (κ1) is 32.8. The Morgan fingerprint density at radius 2 is 1.50 bits per heavy atom. The topological polar surface area (TPSA) is 82.1 Å². The van der Waals surface area contributed by atoms with Crippen molar-refractivity contribution in [2.75, 3.05) is 52.5 Å². The number of unbranched alkanes of at least 4 members (excludes halogenated alkanes) is 4. The van der Waals surface area contributed by atoms with Crippen LogP contribution in [0, 0.1) is 11.8 Å². The highest BCUT2D eigenvalue weighted by Gasteiger charge is 2.24. The average Bonchev–Trinajstić information content (AvgIpc) is 2.80. The minimum atomic E-state index is -0.0758. The van der Waals surface area contributed by atoms with Crippen molar-refractivity contribution in [3.63, 3.8) is 0 Å². The second-order valence-electron chi connectivity index (χ2n) is 11.4. The molecule has 7 heteroatoms. The largest absolute Gasteiger partial charge is 0.465 e. The van der Waals surface area contributed by atoms with E-state index in [0.29, 0.717) is 31.3 Å². The van der Waals surface area contributed by atoms with Crippen molar-refractivity contribution in [1.29, 1.82) is 0 Å². The first-order valence-corrected chi connectivity index (χ1v) is 14.8. The lowest BCUT2D eigenvalue weighted by atomic mass is 9.91. The highest BCUT2D eigenvalue weighted by atomic mass is 16.5. The van der Waals surface area contributed by atoms with E-state index in [1.54, 1.807) is 0 Å². The molecule has 0 aromatic rings. The molecule has 0 aromatic carbocycles. The fourth-order valence-electron chi connectivity index (χ4n) is 4.43. The molecular weight excluding hydrogens is 454 g/mol. The molecule has 1 fully saturated rings. The third kappa shape index (κ3) is 17.3. The van der Waals surface area contributed by atoms with Gasteiger partial charge in [0.15, 0.2) is 0 Å². The van der Waals surface area contributed by atoms with Gasteiger partial charge < -0.3 is 20.1 Å². The van der Waals surface area contributed by atoms with Gasteiger partial charge in [0.2, 0.25) is 5.91 Å². The summed E-state index contributed by atoms with van der Waals surface area (Å²) in [5, 5.41) is 12.3. The van der Waals surface area contributed by atoms with Crippen LogP contribution >= 0.6 is 0 Å². The first-order chi connectivity index (χ1) is 17.3. The van der Waals surface area contributed by atoms with Crippen molar-refractivity contribution in [1.82, 2.24) is 15.1 Å². The number of amides is 1. The predicted molar refractivity (Wildman–Crippen MR) is 148 cm³/mol. The Bertz CT molecular complexity index is 567. The Morgan fingerprint density at radius 1 is 0.833 bits per heavy atom. The number of esters is 1. The van der Waals surface area contributed by atoms with E-state index in [1.165, 1.54) is 19.3 Å². The Labute approximate surface area is 221 Å². The summed E-state index contributed by atoms with van der Waals surface area (Å²) in [6, 6.07) is 0.718. The van der Waals surface area contributed by atoms with Gasteiger partial charge in [-0.1, -0.05) is 47.0 Å². The van der Waals surface area contributed by atoms with E-state index in [2.05, 4.69) is 42.8 Å². The minimum absolute atomic E-state index is 0.0758. The van der Waals surface area contributed by atoms with Gasteiger partial charge >= 0.3 is 5.97 Å². The van der Waals surface area contributed by atoms with Crippen LogP contribution in [0.2, 0.25) is 0 Å². The molecule has 0 spiro atoms. The summed E-state index contributed by atoms with van der Waals surface area (Å²) in [6.45, 7) is 15.0. The van der Waals surface area contributed by atoms with Gasteiger partial charge in [-0.3, -0.25) is 14.5 Å². The smallest absolute Gasteiger partial charge is 0.305 e. The van der Waals surface area contributed by atoms with E-state index < -0.39 is 0 Å². The molecule has 0 heterocycles. The molecule has 0 bridgehead atoms. The lowest BCUT2D eigenvalue weighted by molar-refractivity contribution is -0.144. The van der Waals surface area contributed by atoms with Gasteiger partial charge in [0, 0.05) is 51.7 Å². The lowest BCUT2D eigenvalue weighted by Gasteiger charge is -2.39. The van der Waals surface area contributed by atoms with Crippen molar-refractivity contribution in [3.05, 3.63) is 0 Å². The third-order valence-corrected chi connectivity index (χ3v) is 6.92. The van der Waals surface area contributed by atoms with Crippen LogP contribution in [-0.2, 0) is 14.3 Å². The van der Waals surface area contributed by atoms with Crippen LogP contribution in [0.4, 0.5) is 0 Å². The Morgan fingerprint density at radius 3 is 2.11 bits per heavy atom. The summed E-state index contributed by atoms with van der Waals surface area (Å²) < 4.78 is 5.26. The molecule has 1 aliphatic rings. The molecule has 7 nitrogen and oxygen atoms in total. The monoisotopic (exact) mass is 511 g/mol. The van der Waals surface area contributed by atoms with E-state index in [-0.39, 0.29) is 18.5 Å². The Balaban J connectivity index is 2.29. The summed E-state index contributed by atoms with van der Waals surface area (Å²) in [7, 11) is 0. The number of rotatable bonds is 23. The molecule has 1 saturated carbocycles. The Kier molecular flexibility index (Phi) is 19.0. The number of aliphatic hydroxyl groups excluding tert-OH is 1. The second-order valence-corrected chi connectivity index (χ2v) is 11.4.